The Kier molecular flexibility index (Phi) is 4.84. The molecule has 0 atom stereocenters. The first-order valence-corrected chi connectivity index (χ1v) is 8.13. The smallest absolute Gasteiger partial charge is 0.0559 e. The second-order valence-electron chi connectivity index (χ2n) is 7.16. The van der Waals surface area contributed by atoms with Crippen molar-refractivity contribution in [3.63, 3.8) is 0 Å². The molecule has 0 spiro atoms. The van der Waals surface area contributed by atoms with Crippen LogP contribution >= 0.6 is 0 Å². The first-order valence-electron chi connectivity index (χ1n) is 8.13. The van der Waals surface area contributed by atoms with Crippen molar-refractivity contribution in [1.82, 2.24) is 4.90 Å². The van der Waals surface area contributed by atoms with E-state index in [-0.39, 0.29) is 5.41 Å². The van der Waals surface area contributed by atoms with Crippen molar-refractivity contribution in [3.8, 4) is 0 Å². The van der Waals surface area contributed by atoms with Crippen molar-refractivity contribution in [2.75, 3.05) is 0 Å². The van der Waals surface area contributed by atoms with Crippen molar-refractivity contribution in [3.05, 3.63) is 76.8 Å². The third kappa shape index (κ3) is 3.76. The minimum absolute atomic E-state index is 0.0905. The van der Waals surface area contributed by atoms with Crippen LogP contribution < -0.4 is 5.73 Å². The minimum atomic E-state index is 0.0905. The lowest BCUT2D eigenvalue weighted by molar-refractivity contribution is 0.473. The number of nitrogens with zero attached hydrogens (tertiary/aromatic N) is 1. The van der Waals surface area contributed by atoms with E-state index in [1.807, 2.05) is 6.20 Å². The van der Waals surface area contributed by atoms with Crippen LogP contribution in [0.2, 0.25) is 0 Å². The van der Waals surface area contributed by atoms with Gasteiger partial charge in [-0.25, -0.2) is 0 Å². The average molecular weight is 308 g/mol. The summed E-state index contributed by atoms with van der Waals surface area (Å²) >= 11 is 0. The summed E-state index contributed by atoms with van der Waals surface area (Å²) in [5, 5.41) is 0. The van der Waals surface area contributed by atoms with E-state index in [0.29, 0.717) is 0 Å². The third-order valence-corrected chi connectivity index (χ3v) is 4.12. The van der Waals surface area contributed by atoms with Crippen LogP contribution in [0.15, 0.2) is 60.1 Å². The summed E-state index contributed by atoms with van der Waals surface area (Å²) in [7, 11) is 0. The predicted molar refractivity (Wildman–Crippen MR) is 100 cm³/mol. The zero-order chi connectivity index (χ0) is 17.2. The lowest BCUT2D eigenvalue weighted by Gasteiger charge is -2.32. The highest BCUT2D eigenvalue weighted by atomic mass is 15.1. The molecule has 2 nitrogen and oxygen atoms in total. The topological polar surface area (TPSA) is 29.3 Å². The maximum absolute atomic E-state index is 6.39. The number of hydrogen-bond acceptors (Lipinski definition) is 2. The van der Waals surface area contributed by atoms with Crippen LogP contribution in [-0.4, -0.2) is 4.90 Å². The van der Waals surface area contributed by atoms with Gasteiger partial charge in [0, 0.05) is 23.7 Å². The Balaban J connectivity index is 2.39. The summed E-state index contributed by atoms with van der Waals surface area (Å²) in [6, 6.07) is 6.37. The van der Waals surface area contributed by atoms with Gasteiger partial charge in [0.15, 0.2) is 0 Å². The predicted octanol–water partition coefficient (Wildman–Crippen LogP) is 5.27. The summed E-state index contributed by atoms with van der Waals surface area (Å²) < 4.78 is 0. The Bertz CT molecular complexity index is 710. The number of benzene rings is 1. The fourth-order valence-electron chi connectivity index (χ4n) is 2.94. The van der Waals surface area contributed by atoms with Gasteiger partial charge in [-0.15, -0.1) is 0 Å². The molecule has 0 saturated heterocycles. The van der Waals surface area contributed by atoms with Crippen molar-refractivity contribution < 1.29 is 0 Å². The molecular weight excluding hydrogens is 280 g/mol. The number of hydrogen-bond donors (Lipinski definition) is 1. The van der Waals surface area contributed by atoms with Crippen LogP contribution in [-0.2, 0) is 0 Å². The number of rotatable bonds is 2. The van der Waals surface area contributed by atoms with Crippen LogP contribution in [0.1, 0.15) is 44.4 Å². The van der Waals surface area contributed by atoms with Crippen LogP contribution in [0.4, 0.5) is 0 Å². The van der Waals surface area contributed by atoms with E-state index in [1.165, 1.54) is 22.4 Å². The number of nitrogens with two attached hydrogens (primary N) is 1. The Labute approximate surface area is 140 Å². The lowest BCUT2D eigenvalue weighted by atomic mass is 9.82. The molecule has 1 aliphatic rings. The summed E-state index contributed by atoms with van der Waals surface area (Å²) in [5.74, 6) is 0. The summed E-state index contributed by atoms with van der Waals surface area (Å²) in [4.78, 5) is 2.12. The normalized spacial score (nSPS) is 17.7. The van der Waals surface area contributed by atoms with Crippen molar-refractivity contribution in [2.45, 2.75) is 41.5 Å². The van der Waals surface area contributed by atoms with Gasteiger partial charge >= 0.3 is 0 Å². The molecule has 1 aromatic rings. The molecule has 2 heteroatoms. The quantitative estimate of drug-likeness (QED) is 0.807. The number of aryl methyl sites for hydroxylation is 2. The second-order valence-corrected chi connectivity index (χ2v) is 7.16. The summed E-state index contributed by atoms with van der Waals surface area (Å²) in [6.45, 7) is 13.0. The highest BCUT2D eigenvalue weighted by molar-refractivity contribution is 5.66. The van der Waals surface area contributed by atoms with Crippen LogP contribution in [0.3, 0.4) is 0 Å². The van der Waals surface area contributed by atoms with Crippen LogP contribution in [0, 0.1) is 19.3 Å². The molecule has 1 heterocycles. The van der Waals surface area contributed by atoms with Gasteiger partial charge in [-0.3, -0.25) is 0 Å². The second kappa shape index (κ2) is 6.49. The van der Waals surface area contributed by atoms with Gasteiger partial charge in [-0.05, 0) is 43.4 Å². The van der Waals surface area contributed by atoms with E-state index in [2.05, 4.69) is 89.1 Å². The van der Waals surface area contributed by atoms with Gasteiger partial charge in [-0.1, -0.05) is 56.7 Å². The molecular formula is C21H28N2. The Hall–Kier alpha value is -2.22. The SMILES string of the molecule is C/C=C1/C(C(C)(C)C)=CC=CN1/C=C(\N)c1ccc(C)cc1C. The molecule has 122 valence electrons. The van der Waals surface area contributed by atoms with Gasteiger partial charge < -0.3 is 10.6 Å². The van der Waals surface area contributed by atoms with Crippen molar-refractivity contribution in [2.24, 2.45) is 11.1 Å². The first-order chi connectivity index (χ1) is 10.7. The van der Waals surface area contributed by atoms with E-state index in [0.717, 1.165) is 11.3 Å². The van der Waals surface area contributed by atoms with Crippen molar-refractivity contribution >= 4 is 5.70 Å². The Morgan fingerprint density at radius 3 is 2.43 bits per heavy atom. The third-order valence-electron chi connectivity index (χ3n) is 4.12. The van der Waals surface area contributed by atoms with E-state index in [1.54, 1.807) is 0 Å². The molecule has 23 heavy (non-hydrogen) atoms. The fraction of sp³-hybridized carbons (Fsp3) is 0.333. The molecule has 0 aromatic heterocycles. The molecule has 1 aromatic carbocycles. The molecule has 0 aliphatic carbocycles. The fourth-order valence-corrected chi connectivity index (χ4v) is 2.94. The van der Waals surface area contributed by atoms with E-state index >= 15 is 0 Å². The van der Waals surface area contributed by atoms with Crippen molar-refractivity contribution in [1.29, 1.82) is 0 Å². The highest BCUT2D eigenvalue weighted by Crippen LogP contribution is 2.35. The molecule has 0 unspecified atom stereocenters. The summed E-state index contributed by atoms with van der Waals surface area (Å²) in [6.07, 6.45) is 10.5. The van der Waals surface area contributed by atoms with E-state index < -0.39 is 0 Å². The minimum Gasteiger partial charge on any atom is -0.397 e. The molecule has 0 radical (unpaired) electrons. The molecule has 2 rings (SSSR count). The maximum Gasteiger partial charge on any atom is 0.0559 e. The highest BCUT2D eigenvalue weighted by Gasteiger charge is 2.24. The number of allylic oxidation sites excluding steroid dienone is 4. The van der Waals surface area contributed by atoms with Gasteiger partial charge in [0.2, 0.25) is 0 Å². The average Bonchev–Trinajstić information content (AvgIpc) is 2.45. The molecule has 0 amide bonds. The molecule has 1 aliphatic heterocycles. The van der Waals surface area contributed by atoms with Crippen LogP contribution in [0.25, 0.3) is 5.70 Å². The molecule has 0 saturated carbocycles. The Morgan fingerprint density at radius 2 is 1.87 bits per heavy atom. The zero-order valence-electron chi connectivity index (χ0n) is 15.1. The molecule has 2 N–H and O–H groups in total. The van der Waals surface area contributed by atoms with Crippen LogP contribution in [0.5, 0.6) is 0 Å². The maximum atomic E-state index is 6.39. The largest absolute Gasteiger partial charge is 0.397 e. The summed E-state index contributed by atoms with van der Waals surface area (Å²) in [5.41, 5.74) is 13.3. The first kappa shape index (κ1) is 17.1. The van der Waals surface area contributed by atoms with Gasteiger partial charge in [-0.2, -0.15) is 0 Å². The lowest BCUT2D eigenvalue weighted by Crippen LogP contribution is -2.23. The Morgan fingerprint density at radius 1 is 1.17 bits per heavy atom. The van der Waals surface area contributed by atoms with Gasteiger partial charge in [0.1, 0.15) is 0 Å². The monoisotopic (exact) mass is 308 g/mol. The van der Waals surface area contributed by atoms with E-state index in [4.69, 9.17) is 5.73 Å². The van der Waals surface area contributed by atoms with Gasteiger partial charge in [0.05, 0.1) is 5.70 Å². The zero-order valence-corrected chi connectivity index (χ0v) is 15.1. The molecule has 0 fully saturated rings. The molecule has 0 bridgehead atoms. The van der Waals surface area contributed by atoms with Gasteiger partial charge in [0.25, 0.3) is 0 Å². The van der Waals surface area contributed by atoms with E-state index in [9.17, 15) is 0 Å². The standard InChI is InChI=1S/C21H28N2/c1-7-20-18(21(4,5)6)9-8-12-23(20)14-19(22)17-11-10-15(2)13-16(17)3/h7-14H,22H2,1-6H3/b19-14-,20-7-.